The summed E-state index contributed by atoms with van der Waals surface area (Å²) in [7, 11) is 3.86. The predicted octanol–water partition coefficient (Wildman–Crippen LogP) is 20.7. The summed E-state index contributed by atoms with van der Waals surface area (Å²) >= 11 is 0. The van der Waals surface area contributed by atoms with Crippen LogP contribution in [0.15, 0.2) is 185 Å². The Morgan fingerprint density at radius 1 is 0.404 bits per heavy atom. The van der Waals surface area contributed by atoms with Gasteiger partial charge < -0.3 is 65.1 Å². The van der Waals surface area contributed by atoms with Gasteiger partial charge in [0.2, 0.25) is 17.7 Å². The average molecular weight is 1920 g/mol. The second-order valence-electron chi connectivity index (χ2n) is 37.1. The standard InChI is InChI=1S/C11H17N5.C11H14N2.C10H15N5.3C10H13N3.C10H12N2.C9H12N4.C8H12N2O.2C7H11N3O/c1-4-5-12-11-13-6-9-10(15-11)16(7-14-9)8(2)3;1-7(2)8-3-4-9-10(12)5-6-13-11(8)9;1-7(2)15-6-12-8-5-11-10(14(3)4)13-9(8)15;1-7(2)13-6-12-9-8(3)4-5-11-10(9)13;2*1-7(2)13-6-12-10-8(11)4-3-5-9(10)13;1-8(2)12-7-11-9-5-3-4-6-10(9)12;1-6(2)13-5-12-8-7(10)3-4-11-9(8)13;1-6(2)10-5-8(4-9-10)7(3)11;1-5(2)10-4-8-7(9-10)6(3)11;1-5(2)10-4-7(6(3)11)8-9-10/h6-8H,4-5H2,1-3H3,(H,12,13,15);3,5-7H,4H2,1-2H3,(H2,12,13);5-7H,1-4H3;4-7H,1-3H3;2*3-7H,11H2,1-2H3;3-8H,1-2H3;3-6H,1-2H3,(H2,10,11);4-6H,1-3H3;2*4-5H,1-3H3. The number of carbonyl (C=O) groups excluding carboxylic acids is 3. The number of rotatable bonds is 18. The third kappa shape index (κ3) is 28.9. The van der Waals surface area contributed by atoms with Crippen molar-refractivity contribution in [1.29, 1.82) is 0 Å². The molecule has 0 spiro atoms. The molecule has 19 rings (SSSR count). The zero-order valence-corrected chi connectivity index (χ0v) is 87.2. The number of allylic oxidation sites excluding steroid dienone is 2. The van der Waals surface area contributed by atoms with Gasteiger partial charge in [0.1, 0.15) is 45.1 Å². The summed E-state index contributed by atoms with van der Waals surface area (Å²) in [5, 5.41) is 18.7. The molecular formula is C103H143N35O3. The van der Waals surface area contributed by atoms with Gasteiger partial charge in [0, 0.05) is 131 Å². The Balaban J connectivity index is 0.000000174. The van der Waals surface area contributed by atoms with E-state index in [1.807, 2.05) is 185 Å². The van der Waals surface area contributed by atoms with Crippen molar-refractivity contribution in [2.24, 2.45) is 5.92 Å². The highest BCUT2D eigenvalue weighted by atomic mass is 16.1. The summed E-state index contributed by atoms with van der Waals surface area (Å²) in [6.45, 7) is 55.6. The van der Waals surface area contributed by atoms with Crippen LogP contribution in [-0.4, -0.2) is 179 Å². The van der Waals surface area contributed by atoms with Gasteiger partial charge in [0.25, 0.3) is 0 Å². The van der Waals surface area contributed by atoms with Crippen LogP contribution in [0.3, 0.4) is 0 Å². The Morgan fingerprint density at radius 3 is 1.33 bits per heavy atom. The zero-order chi connectivity index (χ0) is 103. The van der Waals surface area contributed by atoms with Crippen LogP contribution in [0.2, 0.25) is 0 Å². The second-order valence-corrected chi connectivity index (χ2v) is 37.1. The van der Waals surface area contributed by atoms with Crippen LogP contribution >= 0.6 is 0 Å². The molecule has 0 saturated heterocycles. The van der Waals surface area contributed by atoms with Crippen molar-refractivity contribution < 1.29 is 14.4 Å². The first-order valence-electron chi connectivity index (χ1n) is 47.8. The molecule has 38 heteroatoms. The van der Waals surface area contributed by atoms with E-state index in [4.69, 9.17) is 22.9 Å². The first-order chi connectivity index (χ1) is 66.9. The van der Waals surface area contributed by atoms with Gasteiger partial charge in [0.15, 0.2) is 39.9 Å². The number of hydrogen-bond acceptors (Lipinski definition) is 28. The van der Waals surface area contributed by atoms with Crippen LogP contribution in [0.5, 0.6) is 0 Å². The van der Waals surface area contributed by atoms with Gasteiger partial charge >= 0.3 is 0 Å². The predicted molar refractivity (Wildman–Crippen MR) is 567 cm³/mol. The summed E-state index contributed by atoms with van der Waals surface area (Å²) in [6.07, 6.45) is 32.5. The molecule has 1 aliphatic rings. The lowest BCUT2D eigenvalue weighted by Crippen LogP contribution is -2.13. The molecule has 9 N–H and O–H groups in total. The second kappa shape index (κ2) is 50.8. The number of pyridine rings is 3. The van der Waals surface area contributed by atoms with Crippen molar-refractivity contribution in [2.75, 3.05) is 53.8 Å². The Kier molecular flexibility index (Phi) is 39.3. The normalized spacial score (nSPS) is 11.4. The number of hydrogen-bond donors (Lipinski definition) is 5. The third-order valence-electron chi connectivity index (χ3n) is 22.2. The molecule has 1 aliphatic carbocycles. The maximum atomic E-state index is 10.8. The molecule has 0 aliphatic heterocycles. The van der Waals surface area contributed by atoms with Crippen LogP contribution in [-0.2, 0) is 6.42 Å². The largest absolute Gasteiger partial charge is 0.398 e. The number of fused-ring (bicyclic) bond motifs is 8. The van der Waals surface area contributed by atoms with Gasteiger partial charge in [-0.05, 0) is 237 Å². The lowest BCUT2D eigenvalue weighted by atomic mass is 10.0. The Labute approximate surface area is 825 Å². The average Bonchev–Trinajstić information content (AvgIpc) is 1.91. The number of aromatic nitrogens is 29. The van der Waals surface area contributed by atoms with E-state index in [0.29, 0.717) is 88.9 Å². The molecule has 0 fully saturated rings. The Bertz CT molecular complexity index is 6620. The van der Waals surface area contributed by atoms with E-state index in [2.05, 4.69) is 256 Å². The number of ketones is 3. The smallest absolute Gasteiger partial charge is 0.226 e. The number of benzene rings is 3. The maximum absolute atomic E-state index is 10.8. The maximum Gasteiger partial charge on any atom is 0.226 e. The molecule has 0 bridgehead atoms. The quantitative estimate of drug-likeness (QED) is 0.0393. The van der Waals surface area contributed by atoms with Gasteiger partial charge in [-0.1, -0.05) is 56.3 Å². The van der Waals surface area contributed by atoms with Crippen LogP contribution in [0.4, 0.5) is 34.6 Å². The fraction of sp³-hybridized carbons (Fsp3) is 0.417. The van der Waals surface area contributed by atoms with Crippen LogP contribution in [0.25, 0.3) is 83.3 Å². The molecule has 0 radical (unpaired) electrons. The minimum absolute atomic E-state index is 0.0445. The van der Waals surface area contributed by atoms with Crippen LogP contribution in [0, 0.1) is 12.8 Å². The lowest BCUT2D eigenvalue weighted by molar-refractivity contribution is 0.0997. The molecule has 0 saturated carbocycles. The number of nitrogens with zero attached hydrogens (tertiary/aromatic N) is 30. The number of imidazole rings is 7. The van der Waals surface area contributed by atoms with Gasteiger partial charge in [-0.3, -0.25) is 24.0 Å². The molecule has 0 unspecified atom stereocenters. The van der Waals surface area contributed by atoms with E-state index in [1.54, 1.807) is 83.1 Å². The topological polar surface area (TPSA) is 465 Å². The van der Waals surface area contributed by atoms with E-state index in [0.717, 1.165) is 114 Å². The first-order valence-corrected chi connectivity index (χ1v) is 47.8. The first kappa shape index (κ1) is 109. The number of carbonyl (C=O) groups is 3. The van der Waals surface area contributed by atoms with Crippen molar-refractivity contribution >= 4 is 135 Å². The number of para-hydroxylation sites is 4. The minimum Gasteiger partial charge on any atom is -0.398 e. The van der Waals surface area contributed by atoms with E-state index in [-0.39, 0.29) is 29.4 Å². The number of nitrogens with two attached hydrogens (primary N) is 4. The van der Waals surface area contributed by atoms with Crippen molar-refractivity contribution in [2.45, 2.75) is 260 Å². The molecule has 141 heavy (non-hydrogen) atoms. The van der Waals surface area contributed by atoms with E-state index in [9.17, 15) is 14.4 Å². The highest BCUT2D eigenvalue weighted by Gasteiger charge is 2.21. The third-order valence-corrected chi connectivity index (χ3v) is 22.2. The lowest BCUT2D eigenvalue weighted by Gasteiger charge is -2.11. The highest BCUT2D eigenvalue weighted by Crippen LogP contribution is 2.34. The summed E-state index contributed by atoms with van der Waals surface area (Å²) < 4.78 is 19.7. The van der Waals surface area contributed by atoms with Crippen molar-refractivity contribution in [3.63, 3.8) is 0 Å². The molecule has 38 nitrogen and oxygen atoms in total. The number of nitrogen functional groups attached to an aromatic ring is 4. The monoisotopic (exact) mass is 1920 g/mol. The molecule has 748 valence electrons. The van der Waals surface area contributed by atoms with E-state index < -0.39 is 0 Å². The van der Waals surface area contributed by atoms with Gasteiger partial charge in [0.05, 0.1) is 119 Å². The summed E-state index contributed by atoms with van der Waals surface area (Å²) in [6, 6.07) is 29.2. The van der Waals surface area contributed by atoms with Gasteiger partial charge in [-0.25, -0.2) is 69.2 Å². The molecule has 15 aromatic heterocycles. The molecule has 0 atom stereocenters. The molecule has 0 amide bonds. The fourth-order valence-corrected chi connectivity index (χ4v) is 14.0. The number of aryl methyl sites for hydroxylation is 1. The summed E-state index contributed by atoms with van der Waals surface area (Å²) in [4.78, 5) is 98.3. The van der Waals surface area contributed by atoms with Crippen molar-refractivity contribution in [1.82, 2.24) is 141 Å². The Hall–Kier alpha value is -15.4. The number of Topliss-reactive ketones (excluding diaryl/α,β-unsaturated/α-hetero) is 3. The number of nitrogens with one attached hydrogen (secondary N) is 1. The summed E-state index contributed by atoms with van der Waals surface area (Å²) in [5.41, 5.74) is 45.6. The highest BCUT2D eigenvalue weighted by molar-refractivity contribution is 5.94. The van der Waals surface area contributed by atoms with Crippen molar-refractivity contribution in [3.8, 4) is 0 Å². The van der Waals surface area contributed by atoms with E-state index in [1.165, 1.54) is 36.1 Å². The minimum atomic E-state index is -0.0931. The summed E-state index contributed by atoms with van der Waals surface area (Å²) in [5.74, 6) is 2.15. The van der Waals surface area contributed by atoms with Crippen LogP contribution < -0.4 is 33.2 Å². The molecule has 18 aromatic rings. The van der Waals surface area contributed by atoms with Gasteiger partial charge in [-0.2, -0.15) is 15.1 Å². The van der Waals surface area contributed by atoms with Crippen molar-refractivity contribution in [3.05, 3.63) is 219 Å². The fourth-order valence-electron chi connectivity index (χ4n) is 14.0. The molecule has 3 aromatic carbocycles. The zero-order valence-electron chi connectivity index (χ0n) is 87.2. The van der Waals surface area contributed by atoms with Gasteiger partial charge in [-0.15, -0.1) is 10.2 Å². The molecule has 15 heterocycles. The number of anilines is 6. The Morgan fingerprint density at radius 2 is 0.858 bits per heavy atom. The SMILES string of the molecule is CC(=O)c1cn(C(C)C)nn1.CC(=O)c1cnn(C(C)C)c1.CC(=O)c1ncn(C(C)C)n1.CC(C)C1=CCc2c(N)ccnc21.CC(C)n1cnc2c(N)cccc21.CC(C)n1cnc2c(N)cccc21.CC(C)n1cnc2c(N)ccnc21.CC(C)n1cnc2ccccc21.CC(C)n1cnc2cnc(N(C)C)nc21.CCCNc1ncc2ncn(C(C)C)c2n1.Cc1ccnc2c1ncn2C(C)C. The van der Waals surface area contributed by atoms with E-state index >= 15 is 0 Å². The molecular weight excluding hydrogens is 1780 g/mol. The van der Waals surface area contributed by atoms with Crippen LogP contribution in [0.1, 0.15) is 295 Å².